The number of benzene rings is 1. The van der Waals surface area contributed by atoms with Gasteiger partial charge in [0.2, 0.25) is 0 Å². The van der Waals surface area contributed by atoms with Gasteiger partial charge in [-0.25, -0.2) is 4.39 Å². The summed E-state index contributed by atoms with van der Waals surface area (Å²) in [6.07, 6.45) is -2.90. The zero-order valence-electron chi connectivity index (χ0n) is 13.3. The second kappa shape index (κ2) is 5.25. The Morgan fingerprint density at radius 1 is 1.21 bits per heavy atom. The van der Waals surface area contributed by atoms with Gasteiger partial charge < -0.3 is 9.47 Å². The SMILES string of the molecule is CC[C@]12C[C@H](F)CN1[C@H](c1ccc3c(c1)OC(F)(F)O3)[C@H](CF)C2. The normalized spacial score (nSPS) is 37.0. The van der Waals surface area contributed by atoms with E-state index in [1.165, 1.54) is 12.1 Å². The van der Waals surface area contributed by atoms with E-state index in [2.05, 4.69) is 9.47 Å². The second-order valence-electron chi connectivity index (χ2n) is 6.97. The largest absolute Gasteiger partial charge is 0.586 e. The maximum absolute atomic E-state index is 14.0. The van der Waals surface area contributed by atoms with Crippen LogP contribution in [-0.2, 0) is 0 Å². The van der Waals surface area contributed by atoms with Crippen molar-refractivity contribution in [3.63, 3.8) is 0 Å². The number of nitrogens with zero attached hydrogens (tertiary/aromatic N) is 1. The minimum atomic E-state index is -3.68. The van der Waals surface area contributed by atoms with Crippen LogP contribution in [0.25, 0.3) is 0 Å². The van der Waals surface area contributed by atoms with Crippen LogP contribution in [0.3, 0.4) is 0 Å². The predicted octanol–water partition coefficient (Wildman–Crippen LogP) is 4.23. The summed E-state index contributed by atoms with van der Waals surface area (Å²) in [6, 6.07) is 4.20. The van der Waals surface area contributed by atoms with Gasteiger partial charge in [-0.1, -0.05) is 13.0 Å². The first kappa shape index (κ1) is 16.0. The van der Waals surface area contributed by atoms with Crippen molar-refractivity contribution in [2.45, 2.75) is 50.2 Å². The second-order valence-corrected chi connectivity index (χ2v) is 6.97. The fraction of sp³-hybridized carbons (Fsp3) is 0.647. The van der Waals surface area contributed by atoms with E-state index in [0.29, 0.717) is 18.4 Å². The van der Waals surface area contributed by atoms with Crippen LogP contribution in [0.2, 0.25) is 0 Å². The first-order valence-electron chi connectivity index (χ1n) is 8.24. The van der Waals surface area contributed by atoms with Crippen molar-refractivity contribution in [3.8, 4) is 11.5 Å². The summed E-state index contributed by atoms with van der Waals surface area (Å²) in [5.41, 5.74) is 0.323. The lowest BCUT2D eigenvalue weighted by atomic mass is 9.86. The van der Waals surface area contributed by atoms with E-state index in [1.54, 1.807) is 6.07 Å². The van der Waals surface area contributed by atoms with Crippen molar-refractivity contribution < 1.29 is 27.0 Å². The molecule has 3 nitrogen and oxygen atoms in total. The van der Waals surface area contributed by atoms with Crippen LogP contribution in [0, 0.1) is 5.92 Å². The van der Waals surface area contributed by atoms with E-state index in [9.17, 15) is 17.6 Å². The molecule has 0 amide bonds. The molecule has 0 N–H and O–H groups in total. The van der Waals surface area contributed by atoms with E-state index in [-0.39, 0.29) is 35.5 Å². The molecule has 1 aromatic rings. The summed E-state index contributed by atoms with van der Waals surface area (Å²) in [4.78, 5) is 2.03. The first-order chi connectivity index (χ1) is 11.4. The number of hydrogen-bond donors (Lipinski definition) is 0. The van der Waals surface area contributed by atoms with Gasteiger partial charge in [0, 0.05) is 24.0 Å². The Bertz CT molecular complexity index is 655. The summed E-state index contributed by atoms with van der Waals surface area (Å²) >= 11 is 0. The van der Waals surface area contributed by atoms with E-state index in [1.807, 2.05) is 11.8 Å². The highest BCUT2D eigenvalue weighted by Crippen LogP contribution is 2.55. The van der Waals surface area contributed by atoms with Crippen molar-refractivity contribution in [1.82, 2.24) is 4.90 Å². The highest BCUT2D eigenvalue weighted by molar-refractivity contribution is 5.46. The highest BCUT2D eigenvalue weighted by Gasteiger charge is 2.56. The molecule has 0 aliphatic carbocycles. The molecule has 0 radical (unpaired) electrons. The minimum Gasteiger partial charge on any atom is -0.395 e. The van der Waals surface area contributed by atoms with Gasteiger partial charge in [0.15, 0.2) is 11.5 Å². The lowest BCUT2D eigenvalue weighted by Gasteiger charge is -2.34. The van der Waals surface area contributed by atoms with E-state index in [4.69, 9.17) is 0 Å². The molecule has 3 aliphatic rings. The van der Waals surface area contributed by atoms with E-state index in [0.717, 1.165) is 6.42 Å². The smallest absolute Gasteiger partial charge is 0.395 e. The number of hydrogen-bond acceptors (Lipinski definition) is 3. The molecule has 4 rings (SSSR count). The molecular weight excluding hydrogens is 326 g/mol. The van der Waals surface area contributed by atoms with E-state index >= 15 is 0 Å². The van der Waals surface area contributed by atoms with Crippen LogP contribution in [0.4, 0.5) is 17.6 Å². The Balaban J connectivity index is 1.70. The molecule has 1 aromatic carbocycles. The summed E-state index contributed by atoms with van der Waals surface area (Å²) in [5, 5.41) is 0. The molecule has 0 saturated carbocycles. The summed E-state index contributed by atoms with van der Waals surface area (Å²) in [6.45, 7) is 1.72. The molecule has 24 heavy (non-hydrogen) atoms. The number of ether oxygens (including phenoxy) is 2. The molecule has 132 valence electrons. The molecule has 0 aromatic heterocycles. The lowest BCUT2D eigenvalue weighted by Crippen LogP contribution is -2.38. The Hall–Kier alpha value is -1.50. The zero-order chi connectivity index (χ0) is 17.1. The average molecular weight is 345 g/mol. The molecule has 2 fully saturated rings. The Labute approximate surface area is 137 Å². The molecule has 0 bridgehead atoms. The quantitative estimate of drug-likeness (QED) is 0.765. The minimum absolute atomic E-state index is 0.0370. The molecule has 0 unspecified atom stereocenters. The van der Waals surface area contributed by atoms with Gasteiger partial charge in [0.05, 0.1) is 6.67 Å². The van der Waals surface area contributed by atoms with Crippen LogP contribution >= 0.6 is 0 Å². The van der Waals surface area contributed by atoms with E-state index < -0.39 is 19.1 Å². The number of halogens is 4. The molecule has 7 heteroatoms. The Morgan fingerprint density at radius 2 is 1.96 bits per heavy atom. The van der Waals surface area contributed by atoms with Crippen LogP contribution in [0.15, 0.2) is 18.2 Å². The standard InChI is InChI=1S/C17H19F4NO2/c1-2-16-6-11(8-18)15(22(16)9-12(19)7-16)10-3-4-13-14(5-10)24-17(20,21)23-13/h3-5,11-12,15H,2,6-9H2,1H3/t11-,12-,15+,16-/m0/s1. The van der Waals surface area contributed by atoms with Gasteiger partial charge in [-0.3, -0.25) is 9.29 Å². The van der Waals surface area contributed by atoms with Crippen LogP contribution in [0.1, 0.15) is 37.8 Å². The molecule has 4 atom stereocenters. The summed E-state index contributed by atoms with van der Waals surface area (Å²) < 4.78 is 63.0. The van der Waals surface area contributed by atoms with Crippen LogP contribution in [0.5, 0.6) is 11.5 Å². The third kappa shape index (κ3) is 2.28. The van der Waals surface area contributed by atoms with Gasteiger partial charge in [-0.05, 0) is 37.0 Å². The fourth-order valence-corrected chi connectivity index (χ4v) is 4.70. The summed E-state index contributed by atoms with van der Waals surface area (Å²) in [5.74, 6) is -0.372. The molecule has 2 saturated heterocycles. The Morgan fingerprint density at radius 3 is 2.67 bits per heavy atom. The number of rotatable bonds is 3. The van der Waals surface area contributed by atoms with Gasteiger partial charge >= 0.3 is 6.29 Å². The zero-order valence-corrected chi connectivity index (χ0v) is 13.3. The van der Waals surface area contributed by atoms with Gasteiger partial charge in [-0.2, -0.15) is 0 Å². The third-order valence-corrected chi connectivity index (χ3v) is 5.65. The van der Waals surface area contributed by atoms with Crippen LogP contribution in [-0.4, -0.2) is 36.1 Å². The van der Waals surface area contributed by atoms with Crippen molar-refractivity contribution in [2.75, 3.05) is 13.2 Å². The van der Waals surface area contributed by atoms with Gasteiger partial charge in [-0.15, -0.1) is 8.78 Å². The maximum Gasteiger partial charge on any atom is 0.586 e. The van der Waals surface area contributed by atoms with Crippen molar-refractivity contribution in [3.05, 3.63) is 23.8 Å². The molecule has 3 aliphatic heterocycles. The van der Waals surface area contributed by atoms with Crippen molar-refractivity contribution >= 4 is 0 Å². The average Bonchev–Trinajstić information content (AvgIpc) is 3.10. The third-order valence-electron chi connectivity index (χ3n) is 5.65. The monoisotopic (exact) mass is 345 g/mol. The van der Waals surface area contributed by atoms with Crippen molar-refractivity contribution in [1.29, 1.82) is 0 Å². The fourth-order valence-electron chi connectivity index (χ4n) is 4.70. The topological polar surface area (TPSA) is 21.7 Å². The first-order valence-corrected chi connectivity index (χ1v) is 8.24. The van der Waals surface area contributed by atoms with Gasteiger partial charge in [0.25, 0.3) is 0 Å². The predicted molar refractivity (Wildman–Crippen MR) is 78.7 cm³/mol. The maximum atomic E-state index is 14.0. The number of alkyl halides is 4. The summed E-state index contributed by atoms with van der Waals surface area (Å²) in [7, 11) is 0. The Kier molecular flexibility index (Phi) is 3.50. The van der Waals surface area contributed by atoms with Crippen molar-refractivity contribution in [2.24, 2.45) is 5.92 Å². The van der Waals surface area contributed by atoms with Crippen LogP contribution < -0.4 is 9.47 Å². The van der Waals surface area contributed by atoms with Gasteiger partial charge in [0.1, 0.15) is 6.17 Å². The number of fused-ring (bicyclic) bond motifs is 2. The lowest BCUT2D eigenvalue weighted by molar-refractivity contribution is -0.286. The molecular formula is C17H19F4NO2. The molecule has 0 spiro atoms. The highest BCUT2D eigenvalue weighted by atomic mass is 19.3. The molecule has 3 heterocycles.